The number of hydrogen-bond acceptors (Lipinski definition) is 2. The van der Waals surface area contributed by atoms with Crippen molar-refractivity contribution in [3.8, 4) is 0 Å². The second kappa shape index (κ2) is 4.89. The number of likely N-dealkylation sites (N-methyl/N-ethyl adjacent to an activating group) is 1. The molecule has 0 radical (unpaired) electrons. The van der Waals surface area contributed by atoms with E-state index < -0.39 is 11.6 Å². The van der Waals surface area contributed by atoms with E-state index in [1.54, 1.807) is 30.3 Å². The third-order valence-corrected chi connectivity index (χ3v) is 2.24. The van der Waals surface area contributed by atoms with Gasteiger partial charge in [-0.3, -0.25) is 4.79 Å². The Kier molecular flexibility index (Phi) is 3.80. The fourth-order valence-electron chi connectivity index (χ4n) is 1.33. The van der Waals surface area contributed by atoms with Crippen molar-refractivity contribution in [1.29, 1.82) is 0 Å². The van der Waals surface area contributed by atoms with E-state index in [9.17, 15) is 9.18 Å². The number of benzene rings is 1. The topological polar surface area (TPSA) is 55.1 Å². The molecule has 0 fully saturated rings. The second-order valence-corrected chi connectivity index (χ2v) is 3.31. The Hall–Kier alpha value is -1.42. The summed E-state index contributed by atoms with van der Waals surface area (Å²) in [6, 6.07) is 8.24. The van der Waals surface area contributed by atoms with E-state index in [0.29, 0.717) is 12.1 Å². The first-order chi connectivity index (χ1) is 7.11. The van der Waals surface area contributed by atoms with Crippen LogP contribution in [0.3, 0.4) is 0 Å². The molecule has 1 aromatic carbocycles. The van der Waals surface area contributed by atoms with Gasteiger partial charge in [-0.2, -0.15) is 0 Å². The van der Waals surface area contributed by atoms with Crippen LogP contribution in [0, 0.1) is 0 Å². The van der Waals surface area contributed by atoms with E-state index in [-0.39, 0.29) is 6.54 Å². The number of primary amides is 1. The monoisotopic (exact) mass is 210 g/mol. The van der Waals surface area contributed by atoms with Gasteiger partial charge in [0.2, 0.25) is 5.67 Å². The molecule has 0 heterocycles. The maximum atomic E-state index is 14.3. The van der Waals surface area contributed by atoms with Gasteiger partial charge in [0, 0.05) is 6.54 Å². The standard InChI is InChI=1S/C11H15FN2O/c1-2-14-8-11(12,10(13)15)9-6-4-3-5-7-9/h3-7,14H,2,8H2,1H3,(H2,13,15). The lowest BCUT2D eigenvalue weighted by molar-refractivity contribution is -0.129. The van der Waals surface area contributed by atoms with Gasteiger partial charge < -0.3 is 11.1 Å². The molecule has 1 aromatic rings. The Bertz CT molecular complexity index is 329. The highest BCUT2D eigenvalue weighted by atomic mass is 19.1. The number of rotatable bonds is 5. The van der Waals surface area contributed by atoms with E-state index in [1.807, 2.05) is 6.92 Å². The summed E-state index contributed by atoms with van der Waals surface area (Å²) in [6.07, 6.45) is 0. The molecule has 0 aliphatic carbocycles. The van der Waals surface area contributed by atoms with Gasteiger partial charge in [-0.15, -0.1) is 0 Å². The lowest BCUT2D eigenvalue weighted by Gasteiger charge is -2.22. The molecule has 1 rings (SSSR count). The fraction of sp³-hybridized carbons (Fsp3) is 0.364. The summed E-state index contributed by atoms with van der Waals surface area (Å²) in [5, 5.41) is 2.79. The highest BCUT2D eigenvalue weighted by molar-refractivity contribution is 5.85. The molecule has 0 aliphatic rings. The van der Waals surface area contributed by atoms with Crippen LogP contribution in [0.1, 0.15) is 12.5 Å². The zero-order chi connectivity index (χ0) is 11.3. The summed E-state index contributed by atoms with van der Waals surface area (Å²) in [5.41, 5.74) is 3.25. The van der Waals surface area contributed by atoms with Crippen LogP contribution in [0.15, 0.2) is 30.3 Å². The van der Waals surface area contributed by atoms with Crippen molar-refractivity contribution in [2.45, 2.75) is 12.6 Å². The van der Waals surface area contributed by atoms with Gasteiger partial charge in [-0.25, -0.2) is 4.39 Å². The molecule has 1 amide bonds. The molecule has 0 spiro atoms. The first kappa shape index (κ1) is 11.7. The lowest BCUT2D eigenvalue weighted by atomic mass is 9.95. The largest absolute Gasteiger partial charge is 0.367 e. The van der Waals surface area contributed by atoms with Crippen molar-refractivity contribution in [2.24, 2.45) is 5.73 Å². The summed E-state index contributed by atoms with van der Waals surface area (Å²) in [5.74, 6) is -0.963. The summed E-state index contributed by atoms with van der Waals surface area (Å²) in [6.45, 7) is 2.33. The molecule has 1 atom stereocenters. The molecule has 3 nitrogen and oxygen atoms in total. The zero-order valence-corrected chi connectivity index (χ0v) is 8.66. The van der Waals surface area contributed by atoms with E-state index in [2.05, 4.69) is 5.32 Å². The molecular weight excluding hydrogens is 195 g/mol. The first-order valence-corrected chi connectivity index (χ1v) is 4.86. The third-order valence-electron chi connectivity index (χ3n) is 2.24. The highest BCUT2D eigenvalue weighted by Gasteiger charge is 2.37. The molecule has 4 heteroatoms. The van der Waals surface area contributed by atoms with E-state index in [1.165, 1.54) is 0 Å². The summed E-state index contributed by atoms with van der Waals surface area (Å²) < 4.78 is 14.3. The maximum Gasteiger partial charge on any atom is 0.261 e. The summed E-state index contributed by atoms with van der Waals surface area (Å²) in [7, 11) is 0. The predicted octanol–water partition coefficient (Wildman–Crippen LogP) is 0.946. The van der Waals surface area contributed by atoms with Crippen LogP contribution < -0.4 is 11.1 Å². The van der Waals surface area contributed by atoms with Crippen LogP contribution in [0.25, 0.3) is 0 Å². The SMILES string of the molecule is CCNCC(F)(C(N)=O)c1ccccc1. The van der Waals surface area contributed by atoms with E-state index >= 15 is 0 Å². The highest BCUT2D eigenvalue weighted by Crippen LogP contribution is 2.24. The fourth-order valence-corrected chi connectivity index (χ4v) is 1.33. The van der Waals surface area contributed by atoms with Gasteiger partial charge in [0.05, 0.1) is 0 Å². The molecule has 0 saturated heterocycles. The lowest BCUT2D eigenvalue weighted by Crippen LogP contribution is -2.45. The van der Waals surface area contributed by atoms with Crippen molar-refractivity contribution < 1.29 is 9.18 Å². The minimum Gasteiger partial charge on any atom is -0.367 e. The molecule has 3 N–H and O–H groups in total. The average molecular weight is 210 g/mol. The molecule has 0 saturated carbocycles. The van der Waals surface area contributed by atoms with Gasteiger partial charge in [0.1, 0.15) is 0 Å². The van der Waals surface area contributed by atoms with Crippen LogP contribution >= 0.6 is 0 Å². The quantitative estimate of drug-likeness (QED) is 0.760. The number of carbonyl (C=O) groups is 1. The van der Waals surface area contributed by atoms with Crippen LogP contribution in [-0.4, -0.2) is 19.0 Å². The van der Waals surface area contributed by atoms with Crippen molar-refractivity contribution in [3.05, 3.63) is 35.9 Å². The molecular formula is C11H15FN2O. The summed E-state index contributed by atoms with van der Waals surface area (Å²) >= 11 is 0. The van der Waals surface area contributed by atoms with Gasteiger partial charge in [-0.1, -0.05) is 37.3 Å². The molecule has 0 aromatic heterocycles. The Morgan fingerprint density at radius 2 is 2.07 bits per heavy atom. The van der Waals surface area contributed by atoms with Crippen molar-refractivity contribution >= 4 is 5.91 Å². The number of nitrogens with two attached hydrogens (primary N) is 1. The number of nitrogens with one attached hydrogen (secondary N) is 1. The number of alkyl halides is 1. The molecule has 15 heavy (non-hydrogen) atoms. The van der Waals surface area contributed by atoms with Gasteiger partial charge >= 0.3 is 0 Å². The first-order valence-electron chi connectivity index (χ1n) is 4.86. The number of hydrogen-bond donors (Lipinski definition) is 2. The van der Waals surface area contributed by atoms with Crippen LogP contribution in [0.2, 0.25) is 0 Å². The second-order valence-electron chi connectivity index (χ2n) is 3.31. The number of carbonyl (C=O) groups excluding carboxylic acids is 1. The molecule has 0 bridgehead atoms. The van der Waals surface area contributed by atoms with Gasteiger partial charge in [-0.05, 0) is 12.1 Å². The van der Waals surface area contributed by atoms with Gasteiger partial charge in [0.15, 0.2) is 0 Å². The van der Waals surface area contributed by atoms with Crippen molar-refractivity contribution in [2.75, 3.05) is 13.1 Å². The third kappa shape index (κ3) is 2.53. The van der Waals surface area contributed by atoms with E-state index in [0.717, 1.165) is 0 Å². The Balaban J connectivity index is 2.96. The Labute approximate surface area is 88.5 Å². The minimum atomic E-state index is -2.13. The minimum absolute atomic E-state index is 0.0944. The smallest absolute Gasteiger partial charge is 0.261 e. The number of amides is 1. The normalized spacial score (nSPS) is 14.5. The van der Waals surface area contributed by atoms with Crippen LogP contribution in [0.4, 0.5) is 4.39 Å². The van der Waals surface area contributed by atoms with Crippen LogP contribution in [0.5, 0.6) is 0 Å². The average Bonchev–Trinajstić information content (AvgIpc) is 2.27. The van der Waals surface area contributed by atoms with Crippen LogP contribution in [-0.2, 0) is 10.5 Å². The maximum absolute atomic E-state index is 14.3. The van der Waals surface area contributed by atoms with Crippen molar-refractivity contribution in [1.82, 2.24) is 5.32 Å². The van der Waals surface area contributed by atoms with Crippen molar-refractivity contribution in [3.63, 3.8) is 0 Å². The number of halogens is 1. The predicted molar refractivity (Wildman–Crippen MR) is 57.0 cm³/mol. The summed E-state index contributed by atoms with van der Waals surface area (Å²) in [4.78, 5) is 11.1. The molecule has 0 aliphatic heterocycles. The molecule has 1 unspecified atom stereocenters. The van der Waals surface area contributed by atoms with Gasteiger partial charge in [0.25, 0.3) is 5.91 Å². The zero-order valence-electron chi connectivity index (χ0n) is 8.66. The molecule has 82 valence electrons. The Morgan fingerprint density at radius 1 is 1.47 bits per heavy atom. The van der Waals surface area contributed by atoms with E-state index in [4.69, 9.17) is 5.73 Å². The Morgan fingerprint density at radius 3 is 2.53 bits per heavy atom.